The lowest BCUT2D eigenvalue weighted by molar-refractivity contribution is 0.0715. The SMILES string of the molecule is COc1ccc(Cl)cc1NC(=O)N1CCc2c(c(C(=O)N3CCCCC3)nn2C)C1. The minimum absolute atomic E-state index is 0.0367. The fraction of sp³-hybridized carbons (Fsp3) is 0.476. The molecule has 1 N–H and O–H groups in total. The first-order valence-corrected chi connectivity index (χ1v) is 10.6. The van der Waals surface area contributed by atoms with E-state index in [1.54, 1.807) is 34.9 Å². The molecule has 4 rings (SSSR count). The molecule has 30 heavy (non-hydrogen) atoms. The molecule has 3 amide bonds. The summed E-state index contributed by atoms with van der Waals surface area (Å²) in [5.74, 6) is 0.498. The first-order chi connectivity index (χ1) is 14.5. The number of urea groups is 1. The highest BCUT2D eigenvalue weighted by atomic mass is 35.5. The van der Waals surface area contributed by atoms with Crippen molar-refractivity contribution < 1.29 is 14.3 Å². The third-order valence-corrected chi connectivity index (χ3v) is 6.01. The number of likely N-dealkylation sites (tertiary alicyclic amines) is 1. The van der Waals surface area contributed by atoms with Gasteiger partial charge in [0.15, 0.2) is 5.69 Å². The summed E-state index contributed by atoms with van der Waals surface area (Å²) in [5.41, 5.74) is 2.83. The van der Waals surface area contributed by atoms with Gasteiger partial charge in [0, 0.05) is 49.4 Å². The number of rotatable bonds is 3. The Morgan fingerprint density at radius 1 is 1.13 bits per heavy atom. The molecule has 0 spiro atoms. The van der Waals surface area contributed by atoms with Crippen molar-refractivity contribution in [2.75, 3.05) is 32.1 Å². The fourth-order valence-corrected chi connectivity index (χ4v) is 4.33. The van der Waals surface area contributed by atoms with Crippen molar-refractivity contribution in [2.45, 2.75) is 32.2 Å². The number of nitrogens with zero attached hydrogens (tertiary/aromatic N) is 4. The van der Waals surface area contributed by atoms with Crippen LogP contribution in [0.5, 0.6) is 5.75 Å². The van der Waals surface area contributed by atoms with E-state index >= 15 is 0 Å². The third kappa shape index (κ3) is 3.96. The maximum Gasteiger partial charge on any atom is 0.322 e. The number of amides is 3. The van der Waals surface area contributed by atoms with E-state index in [1.165, 1.54) is 0 Å². The number of carbonyl (C=O) groups is 2. The smallest absolute Gasteiger partial charge is 0.322 e. The van der Waals surface area contributed by atoms with Crippen LogP contribution in [0, 0.1) is 0 Å². The van der Waals surface area contributed by atoms with Crippen molar-refractivity contribution in [1.29, 1.82) is 0 Å². The number of ether oxygens (including phenoxy) is 1. The lowest BCUT2D eigenvalue weighted by Crippen LogP contribution is -2.40. The van der Waals surface area contributed by atoms with Gasteiger partial charge in [0.25, 0.3) is 5.91 Å². The van der Waals surface area contributed by atoms with Crippen LogP contribution < -0.4 is 10.1 Å². The maximum atomic E-state index is 13.1. The van der Waals surface area contributed by atoms with Gasteiger partial charge in [0.1, 0.15) is 5.75 Å². The molecule has 0 saturated carbocycles. The van der Waals surface area contributed by atoms with E-state index in [1.807, 2.05) is 11.9 Å². The summed E-state index contributed by atoms with van der Waals surface area (Å²) in [6.45, 7) is 2.41. The van der Waals surface area contributed by atoms with Crippen LogP contribution in [0.1, 0.15) is 41.0 Å². The van der Waals surface area contributed by atoms with Crippen LogP contribution in [0.2, 0.25) is 5.02 Å². The Balaban J connectivity index is 1.53. The van der Waals surface area contributed by atoms with Gasteiger partial charge in [-0.25, -0.2) is 4.79 Å². The van der Waals surface area contributed by atoms with Crippen molar-refractivity contribution in [3.63, 3.8) is 0 Å². The first-order valence-electron chi connectivity index (χ1n) is 10.2. The molecule has 2 aliphatic heterocycles. The number of methoxy groups -OCH3 is 1. The largest absolute Gasteiger partial charge is 0.495 e. The molecule has 1 aromatic carbocycles. The summed E-state index contributed by atoms with van der Waals surface area (Å²) < 4.78 is 7.09. The number of halogens is 1. The number of aryl methyl sites for hydroxylation is 1. The standard InChI is InChI=1S/C21H26ClN5O3/c1-25-17-8-11-27(21(29)23-16-12-14(22)6-7-18(16)30-2)13-15(17)19(24-25)20(28)26-9-4-3-5-10-26/h6-7,12H,3-5,8-11,13H2,1-2H3,(H,23,29). The number of piperidine rings is 1. The zero-order valence-electron chi connectivity index (χ0n) is 17.3. The maximum absolute atomic E-state index is 13.1. The zero-order valence-corrected chi connectivity index (χ0v) is 18.0. The Bertz CT molecular complexity index is 968. The molecule has 1 fully saturated rings. The van der Waals surface area contributed by atoms with E-state index in [9.17, 15) is 9.59 Å². The Labute approximate surface area is 180 Å². The number of nitrogens with one attached hydrogen (secondary N) is 1. The highest BCUT2D eigenvalue weighted by Crippen LogP contribution is 2.29. The monoisotopic (exact) mass is 431 g/mol. The normalized spacial score (nSPS) is 16.2. The van der Waals surface area contributed by atoms with Gasteiger partial charge in [-0.1, -0.05) is 11.6 Å². The summed E-state index contributed by atoms with van der Waals surface area (Å²) >= 11 is 6.07. The van der Waals surface area contributed by atoms with E-state index in [4.69, 9.17) is 16.3 Å². The molecule has 0 atom stereocenters. The number of hydrogen-bond acceptors (Lipinski definition) is 4. The zero-order chi connectivity index (χ0) is 21.3. The molecule has 160 valence electrons. The van der Waals surface area contributed by atoms with Crippen molar-refractivity contribution in [3.8, 4) is 5.75 Å². The molecule has 1 saturated heterocycles. The molecule has 2 aliphatic rings. The molecular formula is C21H26ClN5O3. The number of carbonyl (C=O) groups excluding carboxylic acids is 2. The lowest BCUT2D eigenvalue weighted by atomic mass is 10.0. The lowest BCUT2D eigenvalue weighted by Gasteiger charge is -2.29. The van der Waals surface area contributed by atoms with Crippen LogP contribution in [0.25, 0.3) is 0 Å². The summed E-state index contributed by atoms with van der Waals surface area (Å²) in [4.78, 5) is 29.6. The van der Waals surface area contributed by atoms with Gasteiger partial charge in [0.2, 0.25) is 0 Å². The number of aromatic nitrogens is 2. The Hall–Kier alpha value is -2.74. The average molecular weight is 432 g/mol. The van der Waals surface area contributed by atoms with Crippen LogP contribution in [0.4, 0.5) is 10.5 Å². The van der Waals surface area contributed by atoms with E-state index in [-0.39, 0.29) is 11.9 Å². The van der Waals surface area contributed by atoms with Crippen molar-refractivity contribution >= 4 is 29.2 Å². The first kappa shape index (κ1) is 20.5. The van der Waals surface area contributed by atoms with E-state index in [0.717, 1.165) is 43.6 Å². The third-order valence-electron chi connectivity index (χ3n) is 5.78. The van der Waals surface area contributed by atoms with Gasteiger partial charge in [0.05, 0.1) is 19.3 Å². The molecule has 2 aromatic rings. The number of fused-ring (bicyclic) bond motifs is 1. The summed E-state index contributed by atoms with van der Waals surface area (Å²) in [6, 6.07) is 4.81. The summed E-state index contributed by atoms with van der Waals surface area (Å²) in [5, 5.41) is 7.90. The predicted molar refractivity (Wildman–Crippen MR) is 114 cm³/mol. The molecule has 0 unspecified atom stereocenters. The number of benzene rings is 1. The highest BCUT2D eigenvalue weighted by molar-refractivity contribution is 6.31. The Kier molecular flexibility index (Phi) is 5.85. The van der Waals surface area contributed by atoms with E-state index in [0.29, 0.717) is 41.7 Å². The Morgan fingerprint density at radius 2 is 1.90 bits per heavy atom. The minimum Gasteiger partial charge on any atom is -0.495 e. The minimum atomic E-state index is -0.263. The molecule has 1 aromatic heterocycles. The van der Waals surface area contributed by atoms with Gasteiger partial charge in [-0.05, 0) is 37.5 Å². The van der Waals surface area contributed by atoms with Crippen molar-refractivity contribution in [2.24, 2.45) is 7.05 Å². The second-order valence-corrected chi connectivity index (χ2v) is 8.13. The van der Waals surface area contributed by atoms with Gasteiger partial charge in [-0.2, -0.15) is 5.10 Å². The van der Waals surface area contributed by atoms with Crippen LogP contribution in [0.3, 0.4) is 0 Å². The summed E-state index contributed by atoms with van der Waals surface area (Å²) in [6.07, 6.45) is 3.85. The quantitative estimate of drug-likeness (QED) is 0.808. The van der Waals surface area contributed by atoms with Gasteiger partial charge in [-0.3, -0.25) is 9.48 Å². The second kappa shape index (κ2) is 8.55. The summed E-state index contributed by atoms with van der Waals surface area (Å²) in [7, 11) is 3.40. The fourth-order valence-electron chi connectivity index (χ4n) is 4.16. The van der Waals surface area contributed by atoms with Crippen LogP contribution in [0.15, 0.2) is 18.2 Å². The highest BCUT2D eigenvalue weighted by Gasteiger charge is 2.31. The van der Waals surface area contributed by atoms with Crippen LogP contribution in [-0.4, -0.2) is 58.3 Å². The molecule has 3 heterocycles. The predicted octanol–water partition coefficient (Wildman–Crippen LogP) is 3.30. The van der Waals surface area contributed by atoms with Gasteiger partial charge < -0.3 is 19.9 Å². The molecule has 8 nitrogen and oxygen atoms in total. The molecule has 0 aliphatic carbocycles. The average Bonchev–Trinajstić information content (AvgIpc) is 3.10. The topological polar surface area (TPSA) is 79.7 Å². The number of hydrogen-bond donors (Lipinski definition) is 1. The van der Waals surface area contributed by atoms with Crippen molar-refractivity contribution in [3.05, 3.63) is 40.2 Å². The van der Waals surface area contributed by atoms with E-state index in [2.05, 4.69) is 10.4 Å². The van der Waals surface area contributed by atoms with Gasteiger partial charge in [-0.15, -0.1) is 0 Å². The number of anilines is 1. The van der Waals surface area contributed by atoms with E-state index < -0.39 is 0 Å². The Morgan fingerprint density at radius 3 is 2.63 bits per heavy atom. The molecule has 9 heteroatoms. The van der Waals surface area contributed by atoms with Crippen LogP contribution >= 0.6 is 11.6 Å². The second-order valence-electron chi connectivity index (χ2n) is 7.70. The van der Waals surface area contributed by atoms with Crippen LogP contribution in [-0.2, 0) is 20.0 Å². The molecule has 0 bridgehead atoms. The van der Waals surface area contributed by atoms with Gasteiger partial charge >= 0.3 is 6.03 Å². The molecule has 0 radical (unpaired) electrons. The molecular weight excluding hydrogens is 406 g/mol. The van der Waals surface area contributed by atoms with Crippen molar-refractivity contribution in [1.82, 2.24) is 19.6 Å².